The predicted molar refractivity (Wildman–Crippen MR) is 51.3 cm³/mol. The SMILES string of the molecule is CC(=O)c1cc(NC(N)=O)ccc1O. The van der Waals surface area contributed by atoms with E-state index in [4.69, 9.17) is 5.73 Å². The second kappa shape index (κ2) is 3.78. The number of carbonyl (C=O) groups is 2. The van der Waals surface area contributed by atoms with Crippen molar-refractivity contribution in [2.45, 2.75) is 6.92 Å². The Morgan fingerprint density at radius 1 is 1.43 bits per heavy atom. The quantitative estimate of drug-likeness (QED) is 0.486. The van der Waals surface area contributed by atoms with Crippen molar-refractivity contribution in [3.8, 4) is 5.75 Å². The molecule has 0 aromatic heterocycles. The van der Waals surface area contributed by atoms with Crippen molar-refractivity contribution in [3.63, 3.8) is 0 Å². The molecular formula is C9H10N2O3. The maximum Gasteiger partial charge on any atom is 0.316 e. The molecule has 0 aliphatic carbocycles. The lowest BCUT2D eigenvalue weighted by molar-refractivity contribution is 0.101. The average molecular weight is 194 g/mol. The Morgan fingerprint density at radius 2 is 2.07 bits per heavy atom. The number of Topliss-reactive ketones (excluding diaryl/α,β-unsaturated/α-hetero) is 1. The fourth-order valence-electron chi connectivity index (χ4n) is 1.04. The van der Waals surface area contributed by atoms with Gasteiger partial charge in [0.15, 0.2) is 5.78 Å². The Hall–Kier alpha value is -2.04. The van der Waals surface area contributed by atoms with Gasteiger partial charge in [0.1, 0.15) is 5.75 Å². The molecule has 5 nitrogen and oxygen atoms in total. The van der Waals surface area contributed by atoms with Gasteiger partial charge in [0.2, 0.25) is 0 Å². The lowest BCUT2D eigenvalue weighted by Gasteiger charge is -2.04. The van der Waals surface area contributed by atoms with Gasteiger partial charge in [-0.1, -0.05) is 0 Å². The molecule has 0 bridgehead atoms. The molecule has 0 saturated heterocycles. The number of phenols is 1. The summed E-state index contributed by atoms with van der Waals surface area (Å²) < 4.78 is 0. The maximum atomic E-state index is 11.0. The third kappa shape index (κ3) is 2.22. The van der Waals surface area contributed by atoms with Gasteiger partial charge in [0.25, 0.3) is 0 Å². The zero-order chi connectivity index (χ0) is 10.7. The number of amides is 2. The first-order valence-electron chi connectivity index (χ1n) is 3.91. The van der Waals surface area contributed by atoms with Crippen LogP contribution >= 0.6 is 0 Å². The summed E-state index contributed by atoms with van der Waals surface area (Å²) in [6.07, 6.45) is 0. The summed E-state index contributed by atoms with van der Waals surface area (Å²) in [7, 11) is 0. The van der Waals surface area contributed by atoms with Gasteiger partial charge in [-0.25, -0.2) is 4.79 Å². The zero-order valence-corrected chi connectivity index (χ0v) is 7.57. The minimum Gasteiger partial charge on any atom is -0.507 e. The van der Waals surface area contributed by atoms with Crippen LogP contribution in [0.25, 0.3) is 0 Å². The predicted octanol–water partition coefficient (Wildman–Crippen LogP) is 1.09. The maximum absolute atomic E-state index is 11.0. The monoisotopic (exact) mass is 194 g/mol. The number of phenolic OH excluding ortho intramolecular Hbond substituents is 1. The molecule has 1 aromatic carbocycles. The molecule has 0 aliphatic rings. The summed E-state index contributed by atoms with van der Waals surface area (Å²) in [4.78, 5) is 21.5. The van der Waals surface area contributed by atoms with Gasteiger partial charge in [-0.05, 0) is 25.1 Å². The van der Waals surface area contributed by atoms with E-state index in [1.54, 1.807) is 0 Å². The van der Waals surface area contributed by atoms with E-state index in [1.165, 1.54) is 25.1 Å². The van der Waals surface area contributed by atoms with Crippen LogP contribution in [0.2, 0.25) is 0 Å². The molecule has 0 radical (unpaired) electrons. The number of primary amides is 1. The van der Waals surface area contributed by atoms with Crippen LogP contribution in [0, 0.1) is 0 Å². The molecule has 1 rings (SSSR count). The lowest BCUT2D eigenvalue weighted by atomic mass is 10.1. The van der Waals surface area contributed by atoms with E-state index < -0.39 is 6.03 Å². The topological polar surface area (TPSA) is 92.4 Å². The number of nitrogens with one attached hydrogen (secondary N) is 1. The summed E-state index contributed by atoms with van der Waals surface area (Å²) in [5, 5.41) is 11.6. The van der Waals surface area contributed by atoms with E-state index in [-0.39, 0.29) is 17.1 Å². The van der Waals surface area contributed by atoms with Gasteiger partial charge in [-0.2, -0.15) is 0 Å². The van der Waals surface area contributed by atoms with Crippen molar-refractivity contribution in [1.82, 2.24) is 0 Å². The molecule has 0 aliphatic heterocycles. The number of urea groups is 1. The smallest absolute Gasteiger partial charge is 0.316 e. The molecule has 14 heavy (non-hydrogen) atoms. The third-order valence-electron chi connectivity index (χ3n) is 1.64. The van der Waals surface area contributed by atoms with Gasteiger partial charge >= 0.3 is 6.03 Å². The Balaban J connectivity index is 3.06. The Kier molecular flexibility index (Phi) is 2.71. The molecule has 0 fully saturated rings. The minimum absolute atomic E-state index is 0.118. The summed E-state index contributed by atoms with van der Waals surface area (Å²) in [6.45, 7) is 1.32. The summed E-state index contributed by atoms with van der Waals surface area (Å²) in [5.74, 6) is -0.400. The van der Waals surface area contributed by atoms with E-state index >= 15 is 0 Å². The Bertz CT molecular complexity index is 388. The summed E-state index contributed by atoms with van der Waals surface area (Å²) >= 11 is 0. The number of nitrogens with two attached hydrogens (primary N) is 1. The fraction of sp³-hybridized carbons (Fsp3) is 0.111. The van der Waals surface area contributed by atoms with Crippen LogP contribution in [0.15, 0.2) is 18.2 Å². The van der Waals surface area contributed by atoms with Crippen LogP contribution in [-0.4, -0.2) is 16.9 Å². The van der Waals surface area contributed by atoms with E-state index in [2.05, 4.69) is 5.32 Å². The molecule has 0 atom stereocenters. The minimum atomic E-state index is -0.717. The summed E-state index contributed by atoms with van der Waals surface area (Å²) in [6, 6.07) is 3.42. The van der Waals surface area contributed by atoms with Crippen molar-refractivity contribution in [2.24, 2.45) is 5.73 Å². The molecule has 0 heterocycles. The van der Waals surface area contributed by atoms with Crippen LogP contribution < -0.4 is 11.1 Å². The number of benzene rings is 1. The van der Waals surface area contributed by atoms with Crippen molar-refractivity contribution in [3.05, 3.63) is 23.8 Å². The standard InChI is InChI=1S/C9H10N2O3/c1-5(12)7-4-6(11-9(10)14)2-3-8(7)13/h2-4,13H,1H3,(H3,10,11,14). The lowest BCUT2D eigenvalue weighted by Crippen LogP contribution is -2.19. The molecule has 4 N–H and O–H groups in total. The van der Waals surface area contributed by atoms with E-state index in [0.29, 0.717) is 5.69 Å². The van der Waals surface area contributed by atoms with Crippen molar-refractivity contribution >= 4 is 17.5 Å². The van der Waals surface area contributed by atoms with Gasteiger partial charge in [-0.15, -0.1) is 0 Å². The van der Waals surface area contributed by atoms with Gasteiger partial charge in [0.05, 0.1) is 5.56 Å². The molecule has 1 aromatic rings. The normalized spacial score (nSPS) is 9.50. The number of carbonyl (C=O) groups excluding carboxylic acids is 2. The fourth-order valence-corrected chi connectivity index (χ4v) is 1.04. The number of anilines is 1. The third-order valence-corrected chi connectivity index (χ3v) is 1.64. The molecule has 2 amide bonds. The van der Waals surface area contributed by atoms with Crippen LogP contribution in [0.3, 0.4) is 0 Å². The largest absolute Gasteiger partial charge is 0.507 e. The number of ketones is 1. The number of aromatic hydroxyl groups is 1. The van der Waals surface area contributed by atoms with Gasteiger partial charge in [-0.3, -0.25) is 4.79 Å². The highest BCUT2D eigenvalue weighted by molar-refractivity contribution is 5.98. The van der Waals surface area contributed by atoms with Crippen LogP contribution in [0.4, 0.5) is 10.5 Å². The second-order valence-corrected chi connectivity index (χ2v) is 2.78. The van der Waals surface area contributed by atoms with Crippen LogP contribution in [0.5, 0.6) is 5.75 Å². The van der Waals surface area contributed by atoms with Crippen molar-refractivity contribution in [2.75, 3.05) is 5.32 Å². The van der Waals surface area contributed by atoms with Crippen molar-refractivity contribution in [1.29, 1.82) is 0 Å². The van der Waals surface area contributed by atoms with Crippen LogP contribution in [-0.2, 0) is 0 Å². The Labute approximate surface area is 80.5 Å². The van der Waals surface area contributed by atoms with E-state index in [9.17, 15) is 14.7 Å². The molecule has 0 saturated carbocycles. The molecule has 5 heteroatoms. The zero-order valence-electron chi connectivity index (χ0n) is 7.57. The highest BCUT2D eigenvalue weighted by Gasteiger charge is 2.07. The molecule has 74 valence electrons. The molecular weight excluding hydrogens is 184 g/mol. The summed E-state index contributed by atoms with van der Waals surface area (Å²) in [5.41, 5.74) is 5.42. The number of rotatable bonds is 2. The van der Waals surface area contributed by atoms with Crippen LogP contribution in [0.1, 0.15) is 17.3 Å². The Morgan fingerprint density at radius 3 is 2.57 bits per heavy atom. The molecule has 0 unspecified atom stereocenters. The van der Waals surface area contributed by atoms with E-state index in [0.717, 1.165) is 0 Å². The first kappa shape index (κ1) is 10.0. The average Bonchev–Trinajstić information content (AvgIpc) is 2.07. The number of hydrogen-bond acceptors (Lipinski definition) is 3. The highest BCUT2D eigenvalue weighted by atomic mass is 16.3. The van der Waals surface area contributed by atoms with E-state index in [1.807, 2.05) is 0 Å². The first-order chi connectivity index (χ1) is 6.50. The number of hydrogen-bond donors (Lipinski definition) is 3. The van der Waals surface area contributed by atoms with Gasteiger partial charge in [0, 0.05) is 5.69 Å². The van der Waals surface area contributed by atoms with Crippen molar-refractivity contribution < 1.29 is 14.7 Å². The highest BCUT2D eigenvalue weighted by Crippen LogP contribution is 2.21. The first-order valence-corrected chi connectivity index (χ1v) is 3.91. The molecule has 0 spiro atoms. The van der Waals surface area contributed by atoms with Gasteiger partial charge < -0.3 is 16.2 Å². The second-order valence-electron chi connectivity index (χ2n) is 2.78.